The standard InChI is InChI=1S/C24H33N3O3/c1-15(2)18-7-9-19(10-8-18)24(16(3)4)25-14-23(29)27-21-13-20(26-17(5)28)11-12-22(21)30-6/h7-13,15-16,24-25H,14H2,1-6H3,(H,26,28)(H,27,29)/p+1/t24-/m1/s1. The second-order valence-corrected chi connectivity index (χ2v) is 8.18. The molecule has 2 rings (SSSR count). The molecule has 4 N–H and O–H groups in total. The molecular formula is C24H34N3O3+. The molecule has 0 heterocycles. The number of nitrogens with two attached hydrogens (primary N) is 1. The van der Waals surface area contributed by atoms with Gasteiger partial charge in [0.25, 0.3) is 5.91 Å². The quantitative estimate of drug-likeness (QED) is 0.587. The summed E-state index contributed by atoms with van der Waals surface area (Å²) in [6, 6.07) is 14.0. The number of rotatable bonds is 9. The number of hydrogen-bond acceptors (Lipinski definition) is 3. The van der Waals surface area contributed by atoms with Crippen molar-refractivity contribution in [2.24, 2.45) is 5.92 Å². The summed E-state index contributed by atoms with van der Waals surface area (Å²) < 4.78 is 5.33. The highest BCUT2D eigenvalue weighted by atomic mass is 16.5. The third kappa shape index (κ3) is 6.59. The van der Waals surface area contributed by atoms with Crippen LogP contribution in [-0.2, 0) is 9.59 Å². The third-order valence-electron chi connectivity index (χ3n) is 5.06. The minimum atomic E-state index is -0.172. The molecule has 162 valence electrons. The van der Waals surface area contributed by atoms with Crippen molar-refractivity contribution in [2.45, 2.75) is 46.6 Å². The van der Waals surface area contributed by atoms with Crippen molar-refractivity contribution in [3.05, 3.63) is 53.6 Å². The average Bonchev–Trinajstić information content (AvgIpc) is 2.68. The van der Waals surface area contributed by atoms with Gasteiger partial charge in [0.05, 0.1) is 12.8 Å². The minimum absolute atomic E-state index is 0.127. The molecular weight excluding hydrogens is 378 g/mol. The molecule has 0 radical (unpaired) electrons. The monoisotopic (exact) mass is 412 g/mol. The largest absolute Gasteiger partial charge is 0.495 e. The van der Waals surface area contributed by atoms with Gasteiger partial charge in [-0.05, 0) is 29.7 Å². The number of carbonyl (C=O) groups excluding carboxylic acids is 2. The molecule has 2 aromatic carbocycles. The van der Waals surface area contributed by atoms with E-state index in [0.717, 1.165) is 0 Å². The lowest BCUT2D eigenvalue weighted by atomic mass is 9.93. The third-order valence-corrected chi connectivity index (χ3v) is 5.06. The Balaban J connectivity index is 2.06. The highest BCUT2D eigenvalue weighted by Crippen LogP contribution is 2.28. The van der Waals surface area contributed by atoms with Crippen molar-refractivity contribution in [3.8, 4) is 5.75 Å². The van der Waals surface area contributed by atoms with Gasteiger partial charge in [-0.25, -0.2) is 0 Å². The Morgan fingerprint density at radius 1 is 0.967 bits per heavy atom. The first-order chi connectivity index (χ1) is 14.2. The number of quaternary nitrogens is 1. The molecule has 0 aliphatic carbocycles. The molecule has 2 amide bonds. The molecule has 0 bridgehead atoms. The molecule has 0 saturated heterocycles. The van der Waals surface area contributed by atoms with Crippen molar-refractivity contribution in [3.63, 3.8) is 0 Å². The predicted octanol–water partition coefficient (Wildman–Crippen LogP) is 3.68. The summed E-state index contributed by atoms with van der Waals surface area (Å²) >= 11 is 0. The van der Waals surface area contributed by atoms with Crippen LogP contribution in [0.5, 0.6) is 5.75 Å². The van der Waals surface area contributed by atoms with Crippen molar-refractivity contribution in [2.75, 3.05) is 24.3 Å². The summed E-state index contributed by atoms with van der Waals surface area (Å²) in [7, 11) is 1.55. The number of amides is 2. The van der Waals surface area contributed by atoms with Crippen LogP contribution < -0.4 is 20.7 Å². The van der Waals surface area contributed by atoms with E-state index in [2.05, 4.69) is 67.9 Å². The predicted molar refractivity (Wildman–Crippen MR) is 121 cm³/mol. The second-order valence-electron chi connectivity index (χ2n) is 8.18. The first-order valence-corrected chi connectivity index (χ1v) is 10.4. The van der Waals surface area contributed by atoms with Gasteiger partial charge >= 0.3 is 0 Å². The van der Waals surface area contributed by atoms with E-state index in [1.807, 2.05) is 0 Å². The van der Waals surface area contributed by atoms with Gasteiger partial charge in [-0.2, -0.15) is 0 Å². The Hall–Kier alpha value is -2.86. The zero-order valence-corrected chi connectivity index (χ0v) is 18.8. The van der Waals surface area contributed by atoms with Crippen LogP contribution in [0.25, 0.3) is 0 Å². The van der Waals surface area contributed by atoms with E-state index in [1.54, 1.807) is 25.3 Å². The number of anilines is 2. The lowest BCUT2D eigenvalue weighted by Crippen LogP contribution is -2.88. The van der Waals surface area contributed by atoms with Crippen LogP contribution in [0, 0.1) is 5.92 Å². The molecule has 0 saturated carbocycles. The summed E-state index contributed by atoms with van der Waals surface area (Å²) in [5.74, 6) is 1.11. The van der Waals surface area contributed by atoms with Crippen LogP contribution in [0.3, 0.4) is 0 Å². The molecule has 0 fully saturated rings. The lowest BCUT2D eigenvalue weighted by Gasteiger charge is -2.20. The van der Waals surface area contributed by atoms with E-state index < -0.39 is 0 Å². The van der Waals surface area contributed by atoms with Gasteiger partial charge < -0.3 is 20.7 Å². The normalized spacial score (nSPS) is 12.0. The van der Waals surface area contributed by atoms with Gasteiger partial charge in [0.2, 0.25) is 5.91 Å². The van der Waals surface area contributed by atoms with E-state index in [4.69, 9.17) is 4.74 Å². The van der Waals surface area contributed by atoms with Gasteiger partial charge in [-0.1, -0.05) is 52.0 Å². The molecule has 0 aliphatic heterocycles. The number of nitrogens with one attached hydrogen (secondary N) is 2. The van der Waals surface area contributed by atoms with Crippen LogP contribution >= 0.6 is 0 Å². The van der Waals surface area contributed by atoms with Crippen molar-refractivity contribution in [1.82, 2.24) is 0 Å². The molecule has 30 heavy (non-hydrogen) atoms. The zero-order valence-electron chi connectivity index (χ0n) is 18.8. The maximum absolute atomic E-state index is 12.6. The van der Waals surface area contributed by atoms with Crippen molar-refractivity contribution in [1.29, 1.82) is 0 Å². The first-order valence-electron chi connectivity index (χ1n) is 10.4. The van der Waals surface area contributed by atoms with Crippen LogP contribution in [-0.4, -0.2) is 25.5 Å². The fraction of sp³-hybridized carbons (Fsp3) is 0.417. The van der Waals surface area contributed by atoms with Crippen LogP contribution in [0.15, 0.2) is 42.5 Å². The molecule has 0 aromatic heterocycles. The molecule has 2 aromatic rings. The highest BCUT2D eigenvalue weighted by molar-refractivity contribution is 5.95. The highest BCUT2D eigenvalue weighted by Gasteiger charge is 2.21. The molecule has 0 unspecified atom stereocenters. The van der Waals surface area contributed by atoms with E-state index in [1.165, 1.54) is 18.1 Å². The molecule has 6 nitrogen and oxygen atoms in total. The Morgan fingerprint density at radius 2 is 1.60 bits per heavy atom. The van der Waals surface area contributed by atoms with Crippen LogP contribution in [0.4, 0.5) is 11.4 Å². The van der Waals surface area contributed by atoms with Gasteiger partial charge in [-0.15, -0.1) is 0 Å². The minimum Gasteiger partial charge on any atom is -0.495 e. The van der Waals surface area contributed by atoms with E-state index in [0.29, 0.717) is 29.0 Å². The smallest absolute Gasteiger partial charge is 0.279 e. The summed E-state index contributed by atoms with van der Waals surface area (Å²) in [5, 5.41) is 7.68. The Labute approximate surface area is 179 Å². The number of carbonyl (C=O) groups is 2. The Morgan fingerprint density at radius 3 is 2.13 bits per heavy atom. The molecule has 0 aliphatic rings. The lowest BCUT2D eigenvalue weighted by molar-refractivity contribution is -0.692. The number of benzene rings is 2. The fourth-order valence-corrected chi connectivity index (χ4v) is 3.42. The molecule has 6 heteroatoms. The zero-order chi connectivity index (χ0) is 22.3. The second kappa shape index (κ2) is 10.8. The Bertz CT molecular complexity index is 860. The summed E-state index contributed by atoms with van der Waals surface area (Å²) in [6.07, 6.45) is 0. The molecule has 1 atom stereocenters. The first kappa shape index (κ1) is 23.4. The summed E-state index contributed by atoms with van der Waals surface area (Å²) in [4.78, 5) is 23.9. The van der Waals surface area contributed by atoms with E-state index >= 15 is 0 Å². The SMILES string of the molecule is COc1ccc(NC(C)=O)cc1NC(=O)C[NH2+][C@@H](c1ccc(C(C)C)cc1)C(C)C. The van der Waals surface area contributed by atoms with Gasteiger partial charge in [0, 0.05) is 24.1 Å². The van der Waals surface area contributed by atoms with E-state index in [-0.39, 0.29) is 24.4 Å². The van der Waals surface area contributed by atoms with Gasteiger partial charge in [-0.3, -0.25) is 9.59 Å². The van der Waals surface area contributed by atoms with E-state index in [9.17, 15) is 9.59 Å². The number of methoxy groups -OCH3 is 1. The van der Waals surface area contributed by atoms with Crippen LogP contribution in [0.1, 0.15) is 57.7 Å². The summed E-state index contributed by atoms with van der Waals surface area (Å²) in [5.41, 5.74) is 3.66. The van der Waals surface area contributed by atoms with Crippen molar-refractivity contribution >= 4 is 23.2 Å². The average molecular weight is 413 g/mol. The molecule has 0 spiro atoms. The van der Waals surface area contributed by atoms with Gasteiger partial charge in [0.15, 0.2) is 6.54 Å². The Kier molecular flexibility index (Phi) is 8.42. The maximum atomic E-state index is 12.6. The topological polar surface area (TPSA) is 84.0 Å². The fourth-order valence-electron chi connectivity index (χ4n) is 3.42. The van der Waals surface area contributed by atoms with Gasteiger partial charge in [0.1, 0.15) is 11.8 Å². The van der Waals surface area contributed by atoms with Crippen LogP contribution in [0.2, 0.25) is 0 Å². The number of ether oxygens (including phenoxy) is 1. The number of hydrogen-bond donors (Lipinski definition) is 3. The van der Waals surface area contributed by atoms with Crippen molar-refractivity contribution < 1.29 is 19.6 Å². The summed E-state index contributed by atoms with van der Waals surface area (Å²) in [6.45, 7) is 10.4. The maximum Gasteiger partial charge on any atom is 0.279 e.